The van der Waals surface area contributed by atoms with Crippen LogP contribution in [-0.4, -0.2) is 30.0 Å². The van der Waals surface area contributed by atoms with Gasteiger partial charge in [0.2, 0.25) is 0 Å². The predicted molar refractivity (Wildman–Crippen MR) is 117 cm³/mol. The molecule has 0 aliphatic rings. The molecule has 152 valence electrons. The summed E-state index contributed by atoms with van der Waals surface area (Å²) in [5.41, 5.74) is 1.75. The summed E-state index contributed by atoms with van der Waals surface area (Å²) < 4.78 is 12.3. The van der Waals surface area contributed by atoms with E-state index in [2.05, 4.69) is 40.0 Å². The van der Waals surface area contributed by atoms with E-state index in [1.54, 1.807) is 43.2 Å². The molecule has 0 aliphatic carbocycles. The summed E-state index contributed by atoms with van der Waals surface area (Å²) in [5, 5.41) is 12.3. The molecular weight excluding hydrogens is 380 g/mol. The molecule has 0 saturated heterocycles. The molecule has 0 unspecified atom stereocenters. The molecule has 0 saturated carbocycles. The first-order chi connectivity index (χ1) is 14.7. The van der Waals surface area contributed by atoms with Crippen LogP contribution in [-0.2, 0) is 6.54 Å². The summed E-state index contributed by atoms with van der Waals surface area (Å²) in [6.07, 6.45) is 1.84. The van der Waals surface area contributed by atoms with Crippen molar-refractivity contribution in [2.24, 2.45) is 0 Å². The zero-order valence-corrected chi connectivity index (χ0v) is 16.8. The second-order valence-corrected chi connectivity index (χ2v) is 6.69. The predicted octanol–water partition coefficient (Wildman–Crippen LogP) is 4.75. The van der Waals surface area contributed by atoms with Crippen LogP contribution in [0.5, 0.6) is 11.5 Å². The van der Waals surface area contributed by atoms with Crippen LogP contribution in [0.15, 0.2) is 72.9 Å². The van der Waals surface area contributed by atoms with Crippen molar-refractivity contribution in [3.8, 4) is 11.5 Å². The van der Waals surface area contributed by atoms with Gasteiger partial charge in [-0.15, -0.1) is 0 Å². The molecule has 2 amide bonds. The van der Waals surface area contributed by atoms with Crippen molar-refractivity contribution in [2.75, 3.05) is 24.9 Å². The highest BCUT2D eigenvalue weighted by atomic mass is 16.5. The molecule has 30 heavy (non-hydrogen) atoms. The third kappa shape index (κ3) is 4.20. The molecule has 7 heteroatoms. The maximum Gasteiger partial charge on any atom is 0.324 e. The van der Waals surface area contributed by atoms with E-state index >= 15 is 0 Å². The molecule has 3 aromatic carbocycles. The summed E-state index contributed by atoms with van der Waals surface area (Å²) in [5.74, 6) is 1.60. The molecule has 4 rings (SSSR count). The van der Waals surface area contributed by atoms with Crippen molar-refractivity contribution >= 4 is 28.3 Å². The van der Waals surface area contributed by atoms with Crippen LogP contribution >= 0.6 is 0 Å². The van der Waals surface area contributed by atoms with Crippen molar-refractivity contribution in [3.05, 3.63) is 78.5 Å². The van der Waals surface area contributed by atoms with Crippen molar-refractivity contribution in [1.29, 1.82) is 0 Å². The van der Waals surface area contributed by atoms with E-state index in [9.17, 15) is 4.79 Å². The fourth-order valence-electron chi connectivity index (χ4n) is 3.31. The number of ether oxygens (including phenoxy) is 2. The summed E-state index contributed by atoms with van der Waals surface area (Å²) in [4.78, 5) is 12.3. The summed E-state index contributed by atoms with van der Waals surface area (Å²) >= 11 is 0. The van der Waals surface area contributed by atoms with Gasteiger partial charge in [0.25, 0.3) is 0 Å². The number of nitrogens with one attached hydrogen (secondary N) is 2. The van der Waals surface area contributed by atoms with Crippen molar-refractivity contribution in [2.45, 2.75) is 6.54 Å². The SMILES string of the molecule is COc1ccc(NC(=O)Nc2ccn(Cc3cccc4ccccc34)n2)cc1OC. The fraction of sp³-hybridized carbons (Fsp3) is 0.130. The molecule has 7 nitrogen and oxygen atoms in total. The second-order valence-electron chi connectivity index (χ2n) is 6.69. The number of hydrogen-bond acceptors (Lipinski definition) is 4. The molecule has 2 N–H and O–H groups in total. The van der Waals surface area contributed by atoms with Gasteiger partial charge in [0, 0.05) is 24.0 Å². The second kappa shape index (κ2) is 8.57. The topological polar surface area (TPSA) is 77.4 Å². The number of rotatable bonds is 6. The molecule has 1 heterocycles. The average molecular weight is 402 g/mol. The van der Waals surface area contributed by atoms with E-state index in [1.165, 1.54) is 10.8 Å². The number of methoxy groups -OCH3 is 2. The zero-order chi connectivity index (χ0) is 20.9. The van der Waals surface area contributed by atoms with Gasteiger partial charge in [-0.1, -0.05) is 42.5 Å². The van der Waals surface area contributed by atoms with E-state index in [-0.39, 0.29) is 0 Å². The third-order valence-electron chi connectivity index (χ3n) is 4.74. The molecular formula is C23H22N4O3. The standard InChI is InChI=1S/C23H22N4O3/c1-29-20-11-10-18(14-21(20)30-2)24-23(28)25-22-12-13-27(26-22)15-17-8-5-7-16-6-3-4-9-19(16)17/h3-14H,15H2,1-2H3,(H2,24,25,26,28). The Kier molecular flexibility index (Phi) is 5.52. The number of anilines is 2. The minimum Gasteiger partial charge on any atom is -0.493 e. The zero-order valence-electron chi connectivity index (χ0n) is 16.8. The summed E-state index contributed by atoms with van der Waals surface area (Å²) in [6, 6.07) is 21.0. The molecule has 4 aromatic rings. The van der Waals surface area contributed by atoms with E-state index < -0.39 is 6.03 Å². The Balaban J connectivity index is 1.42. The molecule has 0 fully saturated rings. The van der Waals surface area contributed by atoms with Crippen molar-refractivity contribution in [3.63, 3.8) is 0 Å². The fourth-order valence-corrected chi connectivity index (χ4v) is 3.31. The number of nitrogens with zero attached hydrogens (tertiary/aromatic N) is 2. The summed E-state index contributed by atoms with van der Waals surface area (Å²) in [7, 11) is 3.11. The van der Waals surface area contributed by atoms with E-state index in [0.717, 1.165) is 5.56 Å². The van der Waals surface area contributed by atoms with E-state index in [4.69, 9.17) is 9.47 Å². The highest BCUT2D eigenvalue weighted by molar-refractivity contribution is 5.99. The highest BCUT2D eigenvalue weighted by Crippen LogP contribution is 2.29. The Hall–Kier alpha value is -4.00. The lowest BCUT2D eigenvalue weighted by molar-refractivity contribution is 0.262. The van der Waals surface area contributed by atoms with Gasteiger partial charge in [-0.05, 0) is 28.5 Å². The van der Waals surface area contributed by atoms with E-state index in [1.807, 2.05) is 24.4 Å². The van der Waals surface area contributed by atoms with Crippen LogP contribution < -0.4 is 20.1 Å². The minimum atomic E-state index is -0.391. The molecule has 0 bridgehead atoms. The lowest BCUT2D eigenvalue weighted by Crippen LogP contribution is -2.20. The molecule has 1 aromatic heterocycles. The maximum absolute atomic E-state index is 12.3. The normalized spacial score (nSPS) is 10.6. The largest absolute Gasteiger partial charge is 0.493 e. The quantitative estimate of drug-likeness (QED) is 0.488. The maximum atomic E-state index is 12.3. The lowest BCUT2D eigenvalue weighted by Gasteiger charge is -2.10. The minimum absolute atomic E-state index is 0.391. The first kappa shape index (κ1) is 19.3. The van der Waals surface area contributed by atoms with Crippen LogP contribution in [0.1, 0.15) is 5.56 Å². The van der Waals surface area contributed by atoms with Gasteiger partial charge in [-0.3, -0.25) is 10.00 Å². The molecule has 0 radical (unpaired) electrons. The van der Waals surface area contributed by atoms with Gasteiger partial charge in [-0.2, -0.15) is 5.10 Å². The highest BCUT2D eigenvalue weighted by Gasteiger charge is 2.09. The van der Waals surface area contributed by atoms with Crippen LogP contribution in [0.25, 0.3) is 10.8 Å². The van der Waals surface area contributed by atoms with Crippen molar-refractivity contribution < 1.29 is 14.3 Å². The Morgan fingerprint density at radius 3 is 2.57 bits per heavy atom. The molecule has 0 aliphatic heterocycles. The van der Waals surface area contributed by atoms with Gasteiger partial charge in [0.05, 0.1) is 20.8 Å². The first-order valence-corrected chi connectivity index (χ1v) is 9.46. The first-order valence-electron chi connectivity index (χ1n) is 9.46. The Labute approximate surface area is 174 Å². The Bertz CT molecular complexity index is 1180. The number of aromatic nitrogens is 2. The number of fused-ring (bicyclic) bond motifs is 1. The molecule has 0 atom stereocenters. The number of urea groups is 1. The van der Waals surface area contributed by atoms with E-state index in [0.29, 0.717) is 29.5 Å². The number of amides is 2. The third-order valence-corrected chi connectivity index (χ3v) is 4.74. The van der Waals surface area contributed by atoms with Gasteiger partial charge < -0.3 is 14.8 Å². The Morgan fingerprint density at radius 2 is 1.73 bits per heavy atom. The average Bonchev–Trinajstić information content (AvgIpc) is 3.20. The summed E-state index contributed by atoms with van der Waals surface area (Å²) in [6.45, 7) is 0.611. The number of carbonyl (C=O) groups excluding carboxylic acids is 1. The van der Waals surface area contributed by atoms with Gasteiger partial charge >= 0.3 is 6.03 Å². The van der Waals surface area contributed by atoms with Gasteiger partial charge in [0.1, 0.15) is 0 Å². The Morgan fingerprint density at radius 1 is 0.933 bits per heavy atom. The van der Waals surface area contributed by atoms with Crippen LogP contribution in [0.3, 0.4) is 0 Å². The van der Waals surface area contributed by atoms with Crippen LogP contribution in [0.2, 0.25) is 0 Å². The van der Waals surface area contributed by atoms with Crippen molar-refractivity contribution in [1.82, 2.24) is 9.78 Å². The van der Waals surface area contributed by atoms with Crippen LogP contribution in [0.4, 0.5) is 16.3 Å². The number of carbonyl (C=O) groups is 1. The molecule has 0 spiro atoms. The smallest absolute Gasteiger partial charge is 0.324 e. The number of benzene rings is 3. The monoisotopic (exact) mass is 402 g/mol. The van der Waals surface area contributed by atoms with Gasteiger partial charge in [-0.25, -0.2) is 4.79 Å². The number of hydrogen-bond donors (Lipinski definition) is 2. The van der Waals surface area contributed by atoms with Gasteiger partial charge in [0.15, 0.2) is 17.3 Å². The lowest BCUT2D eigenvalue weighted by atomic mass is 10.0. The van der Waals surface area contributed by atoms with Crippen LogP contribution in [0, 0.1) is 0 Å².